The lowest BCUT2D eigenvalue weighted by Gasteiger charge is -2.35. The van der Waals surface area contributed by atoms with Gasteiger partial charge in [-0.05, 0) is 49.0 Å². The van der Waals surface area contributed by atoms with Crippen molar-refractivity contribution in [1.29, 1.82) is 0 Å². The third kappa shape index (κ3) is 4.70. The van der Waals surface area contributed by atoms with Crippen LogP contribution in [0.5, 0.6) is 0 Å². The number of hydrogen-bond acceptors (Lipinski definition) is 3. The first-order chi connectivity index (χ1) is 14.8. The second kappa shape index (κ2) is 8.88. The molecule has 0 bridgehead atoms. The third-order valence-corrected chi connectivity index (χ3v) is 7.43. The average Bonchev–Trinajstić information content (AvgIpc) is 2.77. The number of carbonyl (C=O) groups is 1. The number of sulfonamides is 1. The van der Waals surface area contributed by atoms with Crippen molar-refractivity contribution in [2.24, 2.45) is 5.92 Å². The lowest BCUT2D eigenvalue weighted by Crippen LogP contribution is -2.45. The van der Waals surface area contributed by atoms with Crippen molar-refractivity contribution >= 4 is 27.7 Å². The predicted octanol–water partition coefficient (Wildman–Crippen LogP) is 3.96. The molecule has 0 saturated carbocycles. The van der Waals surface area contributed by atoms with Crippen molar-refractivity contribution in [1.82, 2.24) is 4.31 Å². The Labute approximate surface area is 181 Å². The molecule has 2 heterocycles. The summed E-state index contributed by atoms with van der Waals surface area (Å²) < 4.78 is 54.6. The maximum atomic E-state index is 14.4. The molecule has 1 fully saturated rings. The molecule has 2 aromatic carbocycles. The van der Waals surface area contributed by atoms with Gasteiger partial charge in [0, 0.05) is 37.0 Å². The van der Waals surface area contributed by atoms with E-state index in [1.165, 1.54) is 20.7 Å². The summed E-state index contributed by atoms with van der Waals surface area (Å²) in [6.07, 6.45) is 3.45. The van der Waals surface area contributed by atoms with Gasteiger partial charge in [0.15, 0.2) is 0 Å². The van der Waals surface area contributed by atoms with Crippen LogP contribution in [0.3, 0.4) is 0 Å². The number of piperidine rings is 1. The number of amides is 1. The van der Waals surface area contributed by atoms with Gasteiger partial charge in [0.2, 0.25) is 15.9 Å². The third-order valence-electron chi connectivity index (χ3n) is 5.87. The first kappa shape index (κ1) is 21.6. The van der Waals surface area contributed by atoms with E-state index in [9.17, 15) is 22.0 Å². The van der Waals surface area contributed by atoms with Crippen LogP contribution in [0.25, 0.3) is 6.08 Å². The van der Waals surface area contributed by atoms with E-state index in [0.717, 1.165) is 11.6 Å². The monoisotopic (exact) mass is 446 g/mol. The van der Waals surface area contributed by atoms with Crippen LogP contribution in [0, 0.1) is 17.6 Å². The van der Waals surface area contributed by atoms with E-state index in [-0.39, 0.29) is 30.6 Å². The highest BCUT2D eigenvalue weighted by Crippen LogP contribution is 2.33. The molecule has 0 N–H and O–H groups in total. The van der Waals surface area contributed by atoms with Crippen molar-refractivity contribution in [3.63, 3.8) is 0 Å². The van der Waals surface area contributed by atoms with E-state index < -0.39 is 21.7 Å². The summed E-state index contributed by atoms with van der Waals surface area (Å²) in [5.74, 6) is -1.98. The average molecular weight is 447 g/mol. The molecule has 8 heteroatoms. The van der Waals surface area contributed by atoms with Crippen molar-refractivity contribution in [3.05, 3.63) is 70.6 Å². The van der Waals surface area contributed by atoms with Crippen molar-refractivity contribution in [2.75, 3.05) is 24.5 Å². The van der Waals surface area contributed by atoms with Crippen LogP contribution >= 0.6 is 0 Å². The van der Waals surface area contributed by atoms with Gasteiger partial charge in [-0.2, -0.15) is 4.31 Å². The summed E-state index contributed by atoms with van der Waals surface area (Å²) in [5.41, 5.74) is 1.46. The van der Waals surface area contributed by atoms with Crippen molar-refractivity contribution in [3.8, 4) is 0 Å². The number of benzene rings is 2. The standard InChI is InChI=1S/C23H24F2N2O3S/c24-20-15-19-7-4-11-27(22(19)21(25)16-20)23(28)18-8-12-26(13-9-18)31(29,30)14-10-17-5-2-1-3-6-17/h1-3,5-6,10,14-16,18H,4,7-9,11-13H2/b14-10+. The van der Waals surface area contributed by atoms with Gasteiger partial charge in [-0.1, -0.05) is 30.3 Å². The van der Waals surface area contributed by atoms with E-state index >= 15 is 0 Å². The lowest BCUT2D eigenvalue weighted by atomic mass is 9.93. The predicted molar refractivity (Wildman–Crippen MR) is 116 cm³/mol. The number of nitrogens with zero attached hydrogens (tertiary/aromatic N) is 2. The Morgan fingerprint density at radius 3 is 2.45 bits per heavy atom. The van der Waals surface area contributed by atoms with Gasteiger partial charge in [-0.15, -0.1) is 0 Å². The lowest BCUT2D eigenvalue weighted by molar-refractivity contribution is -0.123. The Bertz CT molecular complexity index is 1100. The van der Waals surface area contributed by atoms with Gasteiger partial charge < -0.3 is 4.90 Å². The minimum Gasteiger partial charge on any atom is -0.309 e. The molecule has 0 aromatic heterocycles. The number of carbonyl (C=O) groups excluding carboxylic acids is 1. The van der Waals surface area contributed by atoms with Gasteiger partial charge in [-0.3, -0.25) is 4.79 Å². The SMILES string of the molecule is O=C(C1CCN(S(=O)(=O)/C=C/c2ccccc2)CC1)N1CCCc2cc(F)cc(F)c21. The Kier molecular flexibility index (Phi) is 6.20. The Morgan fingerprint density at radius 1 is 1.03 bits per heavy atom. The van der Waals surface area contributed by atoms with E-state index in [2.05, 4.69) is 0 Å². The van der Waals surface area contributed by atoms with Crippen LogP contribution in [-0.2, 0) is 21.2 Å². The van der Waals surface area contributed by atoms with E-state index in [4.69, 9.17) is 0 Å². The maximum Gasteiger partial charge on any atom is 0.236 e. The molecular weight excluding hydrogens is 422 g/mol. The van der Waals surface area contributed by atoms with E-state index in [0.29, 0.717) is 37.8 Å². The van der Waals surface area contributed by atoms with Crippen LogP contribution in [0.15, 0.2) is 47.9 Å². The number of hydrogen-bond donors (Lipinski definition) is 0. The zero-order chi connectivity index (χ0) is 22.0. The summed E-state index contributed by atoms with van der Waals surface area (Å²) in [6, 6.07) is 11.2. The smallest absolute Gasteiger partial charge is 0.236 e. The molecule has 0 atom stereocenters. The Balaban J connectivity index is 1.43. The number of fused-ring (bicyclic) bond motifs is 1. The van der Waals surface area contributed by atoms with Gasteiger partial charge in [0.05, 0.1) is 5.69 Å². The number of anilines is 1. The summed E-state index contributed by atoms with van der Waals surface area (Å²) in [7, 11) is -3.59. The van der Waals surface area contributed by atoms with Crippen molar-refractivity contribution < 1.29 is 22.0 Å². The highest BCUT2D eigenvalue weighted by Gasteiger charge is 2.35. The molecule has 164 valence electrons. The Morgan fingerprint density at radius 2 is 1.74 bits per heavy atom. The zero-order valence-electron chi connectivity index (χ0n) is 17.0. The summed E-state index contributed by atoms with van der Waals surface area (Å²) >= 11 is 0. The van der Waals surface area contributed by atoms with Crippen LogP contribution in [0.4, 0.5) is 14.5 Å². The fraction of sp³-hybridized carbons (Fsp3) is 0.348. The molecule has 31 heavy (non-hydrogen) atoms. The van der Waals surface area contributed by atoms with Gasteiger partial charge in [0.25, 0.3) is 0 Å². The number of halogens is 2. The quantitative estimate of drug-likeness (QED) is 0.715. The molecule has 2 aromatic rings. The summed E-state index contributed by atoms with van der Waals surface area (Å²) in [6.45, 7) is 0.835. The van der Waals surface area contributed by atoms with Crippen LogP contribution in [0.1, 0.15) is 30.4 Å². The summed E-state index contributed by atoms with van der Waals surface area (Å²) in [5, 5.41) is 1.19. The molecule has 1 saturated heterocycles. The number of rotatable bonds is 4. The zero-order valence-corrected chi connectivity index (χ0v) is 17.8. The molecule has 1 amide bonds. The molecule has 0 spiro atoms. The van der Waals surface area contributed by atoms with Gasteiger partial charge in [-0.25, -0.2) is 17.2 Å². The minimum atomic E-state index is -3.59. The maximum absolute atomic E-state index is 14.4. The van der Waals surface area contributed by atoms with E-state index in [1.807, 2.05) is 30.3 Å². The largest absolute Gasteiger partial charge is 0.309 e. The Hall–Kier alpha value is -2.58. The minimum absolute atomic E-state index is 0.165. The molecular formula is C23H24F2N2O3S. The topological polar surface area (TPSA) is 57.7 Å². The normalized spacial score (nSPS) is 18.3. The highest BCUT2D eigenvalue weighted by atomic mass is 32.2. The van der Waals surface area contributed by atoms with Crippen LogP contribution in [-0.4, -0.2) is 38.3 Å². The van der Waals surface area contributed by atoms with Crippen LogP contribution in [0.2, 0.25) is 0 Å². The number of aryl methyl sites for hydroxylation is 1. The summed E-state index contributed by atoms with van der Waals surface area (Å²) in [4.78, 5) is 14.5. The van der Waals surface area contributed by atoms with Crippen LogP contribution < -0.4 is 4.90 Å². The van der Waals surface area contributed by atoms with E-state index in [1.54, 1.807) is 6.08 Å². The van der Waals surface area contributed by atoms with Gasteiger partial charge in [0.1, 0.15) is 11.6 Å². The fourth-order valence-electron chi connectivity index (χ4n) is 4.26. The molecule has 0 unspecified atom stereocenters. The van der Waals surface area contributed by atoms with Crippen molar-refractivity contribution in [2.45, 2.75) is 25.7 Å². The first-order valence-corrected chi connectivity index (χ1v) is 11.9. The fourth-order valence-corrected chi connectivity index (χ4v) is 5.49. The van der Waals surface area contributed by atoms with Gasteiger partial charge >= 0.3 is 0 Å². The molecule has 0 aliphatic carbocycles. The molecule has 2 aliphatic rings. The molecule has 0 radical (unpaired) electrons. The first-order valence-electron chi connectivity index (χ1n) is 10.4. The highest BCUT2D eigenvalue weighted by molar-refractivity contribution is 7.92. The second-order valence-electron chi connectivity index (χ2n) is 7.92. The molecule has 2 aliphatic heterocycles. The molecule has 5 nitrogen and oxygen atoms in total. The molecule has 4 rings (SSSR count). The second-order valence-corrected chi connectivity index (χ2v) is 9.74.